The van der Waals surface area contributed by atoms with Crippen molar-refractivity contribution in [2.75, 3.05) is 0 Å². The maximum atomic E-state index is 12.3. The van der Waals surface area contributed by atoms with E-state index in [4.69, 9.17) is 9.26 Å². The number of fused-ring (bicyclic) bond motifs is 1. The number of alkyl halides is 3. The van der Waals surface area contributed by atoms with Crippen molar-refractivity contribution >= 4 is 11.0 Å². The van der Waals surface area contributed by atoms with E-state index in [1.54, 1.807) is 24.3 Å². The third-order valence-corrected chi connectivity index (χ3v) is 4.27. The van der Waals surface area contributed by atoms with Gasteiger partial charge in [-0.25, -0.2) is 0 Å². The van der Waals surface area contributed by atoms with Crippen LogP contribution in [0.1, 0.15) is 5.69 Å². The van der Waals surface area contributed by atoms with Gasteiger partial charge in [0.15, 0.2) is 5.58 Å². The van der Waals surface area contributed by atoms with E-state index in [0.29, 0.717) is 23.5 Å². The molecule has 4 rings (SSSR count). The summed E-state index contributed by atoms with van der Waals surface area (Å²) in [5.41, 5.74) is 3.05. The van der Waals surface area contributed by atoms with E-state index >= 15 is 0 Å². The Balaban J connectivity index is 1.58. The van der Waals surface area contributed by atoms with Crippen LogP contribution in [0.3, 0.4) is 0 Å². The Morgan fingerprint density at radius 2 is 1.79 bits per heavy atom. The summed E-state index contributed by atoms with van der Waals surface area (Å²) in [6.07, 6.45) is -2.79. The Morgan fingerprint density at radius 1 is 1.04 bits per heavy atom. The molecule has 2 aromatic heterocycles. The molecule has 2 heterocycles. The molecule has 0 spiro atoms. The van der Waals surface area contributed by atoms with Gasteiger partial charge < -0.3 is 18.6 Å². The van der Waals surface area contributed by atoms with E-state index in [1.165, 1.54) is 12.1 Å². The van der Waals surface area contributed by atoms with Crippen molar-refractivity contribution in [2.45, 2.75) is 13.0 Å². The SMILES string of the molecule is Cn1cccc1COc1noc2ccc(-c3ccc(OC(F)(F)F)cc3)cc12. The highest BCUT2D eigenvalue weighted by molar-refractivity contribution is 5.87. The van der Waals surface area contributed by atoms with Gasteiger partial charge in [0.05, 0.1) is 11.1 Å². The number of hydrogen-bond donors (Lipinski definition) is 0. The highest BCUT2D eigenvalue weighted by atomic mass is 19.4. The molecule has 0 aliphatic heterocycles. The van der Waals surface area contributed by atoms with Crippen LogP contribution in [0.2, 0.25) is 0 Å². The third-order valence-electron chi connectivity index (χ3n) is 4.27. The molecule has 0 atom stereocenters. The summed E-state index contributed by atoms with van der Waals surface area (Å²) in [7, 11) is 1.92. The standard InChI is InChI=1S/C20H15F3N2O3/c1-25-10-2-3-15(25)12-26-19-17-11-14(6-9-18(17)28-24-19)13-4-7-16(8-5-13)27-20(21,22)23/h2-11H,12H2,1H3. The van der Waals surface area contributed by atoms with E-state index in [-0.39, 0.29) is 5.75 Å². The first-order chi connectivity index (χ1) is 13.4. The first-order valence-corrected chi connectivity index (χ1v) is 8.38. The Bertz CT molecular complexity index is 1100. The second-order valence-electron chi connectivity index (χ2n) is 6.17. The minimum absolute atomic E-state index is 0.270. The molecular weight excluding hydrogens is 373 g/mol. The molecule has 0 saturated carbocycles. The topological polar surface area (TPSA) is 49.4 Å². The van der Waals surface area contributed by atoms with E-state index < -0.39 is 6.36 Å². The number of hydrogen-bond acceptors (Lipinski definition) is 4. The van der Waals surface area contributed by atoms with Crippen molar-refractivity contribution in [3.63, 3.8) is 0 Å². The summed E-state index contributed by atoms with van der Waals surface area (Å²) in [4.78, 5) is 0. The molecule has 0 saturated heterocycles. The fourth-order valence-electron chi connectivity index (χ4n) is 2.84. The summed E-state index contributed by atoms with van der Waals surface area (Å²) < 4.78 is 53.8. The molecule has 0 radical (unpaired) electrons. The van der Waals surface area contributed by atoms with Crippen LogP contribution >= 0.6 is 0 Å². The molecule has 0 amide bonds. The van der Waals surface area contributed by atoms with Gasteiger partial charge in [-0.15, -0.1) is 13.2 Å². The number of aromatic nitrogens is 2. The van der Waals surface area contributed by atoms with Crippen LogP contribution in [-0.4, -0.2) is 16.1 Å². The van der Waals surface area contributed by atoms with Gasteiger partial charge in [-0.2, -0.15) is 0 Å². The summed E-state index contributed by atoms with van der Waals surface area (Å²) >= 11 is 0. The maximum Gasteiger partial charge on any atom is 0.573 e. The molecule has 28 heavy (non-hydrogen) atoms. The van der Waals surface area contributed by atoms with Crippen LogP contribution in [0.5, 0.6) is 11.6 Å². The monoisotopic (exact) mass is 388 g/mol. The van der Waals surface area contributed by atoms with Crippen LogP contribution < -0.4 is 9.47 Å². The Morgan fingerprint density at radius 3 is 2.46 bits per heavy atom. The second-order valence-corrected chi connectivity index (χ2v) is 6.17. The Hall–Kier alpha value is -3.42. The van der Waals surface area contributed by atoms with Crippen molar-refractivity contribution in [3.05, 3.63) is 66.5 Å². The third kappa shape index (κ3) is 3.80. The van der Waals surface area contributed by atoms with Crippen LogP contribution in [0.25, 0.3) is 22.1 Å². The zero-order valence-electron chi connectivity index (χ0n) is 14.7. The fraction of sp³-hybridized carbons (Fsp3) is 0.150. The van der Waals surface area contributed by atoms with Crippen LogP contribution in [0, 0.1) is 0 Å². The minimum atomic E-state index is -4.71. The van der Waals surface area contributed by atoms with Crippen molar-refractivity contribution in [1.82, 2.24) is 9.72 Å². The number of halogens is 3. The molecule has 8 heteroatoms. The molecule has 144 valence electrons. The summed E-state index contributed by atoms with van der Waals surface area (Å²) in [5, 5.41) is 4.64. The first kappa shape index (κ1) is 18.0. The number of ether oxygens (including phenoxy) is 2. The maximum absolute atomic E-state index is 12.3. The van der Waals surface area contributed by atoms with Gasteiger partial charge in [0.2, 0.25) is 0 Å². The smallest absolute Gasteiger partial charge is 0.469 e. The Kier molecular flexibility index (Phi) is 4.46. The van der Waals surface area contributed by atoms with Crippen molar-refractivity contribution < 1.29 is 27.2 Å². The lowest BCUT2D eigenvalue weighted by molar-refractivity contribution is -0.274. The zero-order valence-corrected chi connectivity index (χ0v) is 14.7. The van der Waals surface area contributed by atoms with Crippen LogP contribution in [0.15, 0.2) is 65.3 Å². The van der Waals surface area contributed by atoms with Gasteiger partial charge in [0.1, 0.15) is 12.4 Å². The molecule has 0 unspecified atom stereocenters. The van der Waals surface area contributed by atoms with Gasteiger partial charge in [-0.1, -0.05) is 18.2 Å². The molecule has 0 aliphatic rings. The predicted molar refractivity (Wildman–Crippen MR) is 95.9 cm³/mol. The first-order valence-electron chi connectivity index (χ1n) is 8.38. The summed E-state index contributed by atoms with van der Waals surface area (Å²) in [6.45, 7) is 0.332. The Labute approximate surface area is 157 Å². The van der Waals surface area contributed by atoms with Crippen molar-refractivity contribution in [1.29, 1.82) is 0 Å². The average Bonchev–Trinajstić information content (AvgIpc) is 3.24. The lowest BCUT2D eigenvalue weighted by Crippen LogP contribution is -2.16. The highest BCUT2D eigenvalue weighted by Crippen LogP contribution is 2.32. The van der Waals surface area contributed by atoms with Crippen molar-refractivity contribution in [3.8, 4) is 22.8 Å². The molecule has 0 N–H and O–H groups in total. The van der Waals surface area contributed by atoms with Gasteiger partial charge >= 0.3 is 6.36 Å². The quantitative estimate of drug-likeness (QED) is 0.465. The van der Waals surface area contributed by atoms with E-state index in [2.05, 4.69) is 9.89 Å². The van der Waals surface area contributed by atoms with Gasteiger partial charge in [0.25, 0.3) is 5.88 Å². The lowest BCUT2D eigenvalue weighted by Gasteiger charge is -2.09. The molecule has 5 nitrogen and oxygen atoms in total. The molecule has 0 fully saturated rings. The molecule has 0 bridgehead atoms. The minimum Gasteiger partial charge on any atom is -0.469 e. The molecule has 0 aliphatic carbocycles. The molecular formula is C20H15F3N2O3. The summed E-state index contributed by atoms with van der Waals surface area (Å²) in [5.74, 6) is 0.0870. The second kappa shape index (κ2) is 6.95. The van der Waals surface area contributed by atoms with Crippen LogP contribution in [-0.2, 0) is 13.7 Å². The van der Waals surface area contributed by atoms with Gasteiger partial charge in [-0.05, 0) is 52.7 Å². The zero-order chi connectivity index (χ0) is 19.7. The molecule has 2 aromatic carbocycles. The predicted octanol–water partition coefficient (Wildman–Crippen LogP) is 5.31. The van der Waals surface area contributed by atoms with E-state index in [1.807, 2.05) is 36.0 Å². The van der Waals surface area contributed by atoms with Gasteiger partial charge in [-0.3, -0.25) is 0 Å². The number of aryl methyl sites for hydroxylation is 1. The number of benzene rings is 2. The normalized spacial score (nSPS) is 11.7. The number of nitrogens with zero attached hydrogens (tertiary/aromatic N) is 2. The molecule has 4 aromatic rings. The summed E-state index contributed by atoms with van der Waals surface area (Å²) in [6, 6.07) is 14.9. The lowest BCUT2D eigenvalue weighted by atomic mass is 10.0. The number of rotatable bonds is 5. The van der Waals surface area contributed by atoms with Crippen LogP contribution in [0.4, 0.5) is 13.2 Å². The van der Waals surface area contributed by atoms with Crippen molar-refractivity contribution in [2.24, 2.45) is 7.05 Å². The van der Waals surface area contributed by atoms with E-state index in [0.717, 1.165) is 16.8 Å². The largest absolute Gasteiger partial charge is 0.573 e. The fourth-order valence-corrected chi connectivity index (χ4v) is 2.84. The van der Waals surface area contributed by atoms with Gasteiger partial charge in [0, 0.05) is 13.2 Å². The highest BCUT2D eigenvalue weighted by Gasteiger charge is 2.30. The van der Waals surface area contributed by atoms with E-state index in [9.17, 15) is 13.2 Å². The average molecular weight is 388 g/mol.